The number of carbonyl (C=O) groups excluding carboxylic acids is 3. The third-order valence-electron chi connectivity index (χ3n) is 5.34. The zero-order valence-electron chi connectivity index (χ0n) is 17.2. The Balaban J connectivity index is 1.35. The molecule has 3 heterocycles. The average molecular weight is 507 g/mol. The number of rotatable bonds is 5. The standard InChI is InChI=1S/C23H15BrN4O5/c1-12-2-5-18-16(6-12)21(30)22(31)28(18)10-15-9-27(26-25-15)11-19(29)17-7-13-3-4-14(24)8-20(13)33-23(17)32/h2-9H,10-11H2,1H3. The second-order valence-corrected chi connectivity index (χ2v) is 8.62. The SMILES string of the molecule is Cc1ccc2c(c1)C(=O)C(=O)N2Cc1cn(CC(=O)c2cc3ccc(Br)cc3oc2=O)nn1. The molecular formula is C23H15BrN4O5. The van der Waals surface area contributed by atoms with Crippen molar-refractivity contribution in [2.24, 2.45) is 0 Å². The Bertz CT molecular complexity index is 1540. The van der Waals surface area contributed by atoms with E-state index in [9.17, 15) is 19.2 Å². The number of anilines is 1. The monoisotopic (exact) mass is 506 g/mol. The molecule has 0 radical (unpaired) electrons. The molecule has 0 saturated heterocycles. The Morgan fingerprint density at radius 2 is 1.91 bits per heavy atom. The third kappa shape index (κ3) is 3.78. The predicted molar refractivity (Wildman–Crippen MR) is 121 cm³/mol. The van der Waals surface area contributed by atoms with Gasteiger partial charge in [0.2, 0.25) is 0 Å². The number of fused-ring (bicyclic) bond motifs is 2. The van der Waals surface area contributed by atoms with Crippen molar-refractivity contribution in [1.82, 2.24) is 15.0 Å². The fourth-order valence-electron chi connectivity index (χ4n) is 3.73. The van der Waals surface area contributed by atoms with Gasteiger partial charge in [0, 0.05) is 9.86 Å². The summed E-state index contributed by atoms with van der Waals surface area (Å²) in [5.74, 6) is -1.69. The number of Topliss-reactive ketones (excluding diaryl/α,β-unsaturated/α-hetero) is 2. The molecule has 0 saturated carbocycles. The van der Waals surface area contributed by atoms with Crippen LogP contribution in [0.5, 0.6) is 0 Å². The van der Waals surface area contributed by atoms with Gasteiger partial charge in [0.25, 0.3) is 11.7 Å². The van der Waals surface area contributed by atoms with E-state index in [1.54, 1.807) is 30.3 Å². The van der Waals surface area contributed by atoms with E-state index in [0.717, 1.165) is 10.0 Å². The van der Waals surface area contributed by atoms with Crippen LogP contribution in [0.3, 0.4) is 0 Å². The summed E-state index contributed by atoms with van der Waals surface area (Å²) in [5.41, 5.74) is 1.69. The Labute approximate surface area is 194 Å². The van der Waals surface area contributed by atoms with Crippen LogP contribution in [-0.4, -0.2) is 32.5 Å². The lowest BCUT2D eigenvalue weighted by molar-refractivity contribution is -0.114. The van der Waals surface area contributed by atoms with Crippen molar-refractivity contribution < 1.29 is 18.8 Å². The minimum absolute atomic E-state index is 0.0296. The van der Waals surface area contributed by atoms with Crippen molar-refractivity contribution in [2.45, 2.75) is 20.0 Å². The molecule has 164 valence electrons. The highest BCUT2D eigenvalue weighted by atomic mass is 79.9. The molecule has 0 atom stereocenters. The van der Waals surface area contributed by atoms with E-state index >= 15 is 0 Å². The van der Waals surface area contributed by atoms with Crippen LogP contribution in [0.4, 0.5) is 5.69 Å². The first-order valence-corrected chi connectivity index (χ1v) is 10.7. The van der Waals surface area contributed by atoms with Gasteiger partial charge in [-0.1, -0.05) is 38.8 Å². The van der Waals surface area contributed by atoms with Gasteiger partial charge in [-0.05, 0) is 37.3 Å². The minimum atomic E-state index is -0.737. The molecule has 2 aromatic carbocycles. The molecule has 1 aliphatic heterocycles. The molecule has 5 rings (SSSR count). The zero-order chi connectivity index (χ0) is 23.3. The van der Waals surface area contributed by atoms with Gasteiger partial charge in [-0.3, -0.25) is 19.3 Å². The van der Waals surface area contributed by atoms with Gasteiger partial charge in [-0.2, -0.15) is 0 Å². The van der Waals surface area contributed by atoms with Gasteiger partial charge in [0.1, 0.15) is 23.4 Å². The molecule has 0 spiro atoms. The highest BCUT2D eigenvalue weighted by Gasteiger charge is 2.36. The maximum absolute atomic E-state index is 12.7. The van der Waals surface area contributed by atoms with Crippen LogP contribution in [0.15, 0.2) is 62.3 Å². The van der Waals surface area contributed by atoms with E-state index in [0.29, 0.717) is 27.9 Å². The molecule has 0 aliphatic carbocycles. The number of hydrogen-bond donors (Lipinski definition) is 0. The van der Waals surface area contributed by atoms with Crippen molar-refractivity contribution in [1.29, 1.82) is 0 Å². The lowest BCUT2D eigenvalue weighted by atomic mass is 10.1. The topological polar surface area (TPSA) is 115 Å². The summed E-state index contributed by atoms with van der Waals surface area (Å²) < 4.78 is 7.29. The number of aryl methyl sites for hydroxylation is 1. The van der Waals surface area contributed by atoms with Gasteiger partial charge in [0.05, 0.1) is 24.0 Å². The maximum Gasteiger partial charge on any atom is 0.347 e. The Morgan fingerprint density at radius 3 is 2.73 bits per heavy atom. The molecule has 0 unspecified atom stereocenters. The maximum atomic E-state index is 12.7. The molecule has 0 N–H and O–H groups in total. The van der Waals surface area contributed by atoms with E-state index in [1.807, 2.05) is 13.0 Å². The Kier molecular flexibility index (Phi) is 5.01. The normalized spacial score (nSPS) is 13.1. The molecule has 10 heteroatoms. The van der Waals surface area contributed by atoms with Crippen LogP contribution in [-0.2, 0) is 17.9 Å². The lowest BCUT2D eigenvalue weighted by Gasteiger charge is -2.14. The summed E-state index contributed by atoms with van der Waals surface area (Å²) in [6.45, 7) is 1.64. The van der Waals surface area contributed by atoms with Gasteiger partial charge in [0.15, 0.2) is 5.78 Å². The first-order valence-electron chi connectivity index (χ1n) is 9.92. The Hall–Kier alpha value is -3.92. The quantitative estimate of drug-likeness (QED) is 0.232. The van der Waals surface area contributed by atoms with Crippen molar-refractivity contribution in [3.05, 3.63) is 85.9 Å². The van der Waals surface area contributed by atoms with Crippen molar-refractivity contribution in [2.75, 3.05) is 4.90 Å². The van der Waals surface area contributed by atoms with Crippen molar-refractivity contribution in [3.63, 3.8) is 0 Å². The number of nitrogens with zero attached hydrogens (tertiary/aromatic N) is 4. The Morgan fingerprint density at radius 1 is 1.09 bits per heavy atom. The molecule has 1 amide bonds. The molecule has 1 aliphatic rings. The second-order valence-electron chi connectivity index (χ2n) is 7.70. The van der Waals surface area contributed by atoms with Crippen molar-refractivity contribution >= 4 is 50.1 Å². The fourth-order valence-corrected chi connectivity index (χ4v) is 4.07. The number of ketones is 2. The van der Waals surface area contributed by atoms with Crippen LogP contribution in [0, 0.1) is 6.92 Å². The van der Waals surface area contributed by atoms with E-state index in [4.69, 9.17) is 4.42 Å². The molecular weight excluding hydrogens is 492 g/mol. The van der Waals surface area contributed by atoms with E-state index in [1.165, 1.54) is 21.8 Å². The van der Waals surface area contributed by atoms with Crippen LogP contribution in [0.1, 0.15) is 32.0 Å². The first-order chi connectivity index (χ1) is 15.8. The summed E-state index contributed by atoms with van der Waals surface area (Å²) in [5, 5.41) is 8.55. The highest BCUT2D eigenvalue weighted by Crippen LogP contribution is 2.30. The van der Waals surface area contributed by atoms with E-state index < -0.39 is 23.1 Å². The molecule has 9 nitrogen and oxygen atoms in total. The predicted octanol–water partition coefficient (Wildman–Crippen LogP) is 3.07. The van der Waals surface area contributed by atoms with Crippen LogP contribution in [0.2, 0.25) is 0 Å². The van der Waals surface area contributed by atoms with E-state index in [2.05, 4.69) is 26.2 Å². The molecule has 0 bridgehead atoms. The van der Waals surface area contributed by atoms with Crippen molar-refractivity contribution in [3.8, 4) is 0 Å². The number of halogens is 1. The number of amides is 1. The summed E-state index contributed by atoms with van der Waals surface area (Å²) in [4.78, 5) is 51.1. The van der Waals surface area contributed by atoms with Gasteiger partial charge < -0.3 is 4.42 Å². The number of carbonyl (C=O) groups is 3. The summed E-state index contributed by atoms with van der Waals surface area (Å²) in [7, 11) is 0. The van der Waals surface area contributed by atoms with Crippen LogP contribution in [0.25, 0.3) is 11.0 Å². The molecule has 0 fully saturated rings. The summed E-state index contributed by atoms with van der Waals surface area (Å²) >= 11 is 3.31. The first kappa shape index (κ1) is 21.0. The molecule has 2 aromatic heterocycles. The van der Waals surface area contributed by atoms with Crippen LogP contribution >= 0.6 is 15.9 Å². The number of aromatic nitrogens is 3. The third-order valence-corrected chi connectivity index (χ3v) is 5.83. The highest BCUT2D eigenvalue weighted by molar-refractivity contribution is 9.10. The largest absolute Gasteiger partial charge is 0.422 e. The number of hydrogen-bond acceptors (Lipinski definition) is 7. The molecule has 4 aromatic rings. The summed E-state index contributed by atoms with van der Waals surface area (Å²) in [6.07, 6.45) is 1.50. The zero-order valence-corrected chi connectivity index (χ0v) is 18.8. The smallest absolute Gasteiger partial charge is 0.347 e. The van der Waals surface area contributed by atoms with E-state index in [-0.39, 0.29) is 18.7 Å². The van der Waals surface area contributed by atoms with Gasteiger partial charge in [-0.15, -0.1) is 5.10 Å². The summed E-state index contributed by atoms with van der Waals surface area (Å²) in [6, 6.07) is 11.9. The average Bonchev–Trinajstić information content (AvgIpc) is 3.31. The van der Waals surface area contributed by atoms with Gasteiger partial charge in [-0.25, -0.2) is 9.48 Å². The van der Waals surface area contributed by atoms with Gasteiger partial charge >= 0.3 is 5.63 Å². The second kappa shape index (κ2) is 7.89. The number of benzene rings is 2. The lowest BCUT2D eigenvalue weighted by Crippen LogP contribution is -2.29. The van der Waals surface area contributed by atoms with Crippen LogP contribution < -0.4 is 10.5 Å². The molecule has 33 heavy (non-hydrogen) atoms. The fraction of sp³-hybridized carbons (Fsp3) is 0.130. The minimum Gasteiger partial charge on any atom is -0.422 e.